The van der Waals surface area contributed by atoms with Crippen LogP contribution >= 0.6 is 0 Å². The fourth-order valence-electron chi connectivity index (χ4n) is 4.21. The normalized spacial score (nSPS) is 22.4. The number of rotatable bonds is 4. The molecule has 6 nitrogen and oxygen atoms in total. The van der Waals surface area contributed by atoms with Crippen LogP contribution in [0.4, 0.5) is 0 Å². The predicted molar refractivity (Wildman–Crippen MR) is 97.9 cm³/mol. The molecule has 134 valence electrons. The summed E-state index contributed by atoms with van der Waals surface area (Å²) in [5.74, 6) is 0. The molecule has 0 amide bonds. The molecule has 0 aliphatic carbocycles. The number of benzene rings is 1. The van der Waals surface area contributed by atoms with E-state index >= 15 is 0 Å². The van der Waals surface area contributed by atoms with E-state index in [1.54, 1.807) is 18.5 Å². The molecule has 2 saturated heterocycles. The van der Waals surface area contributed by atoms with Crippen LogP contribution in [-0.2, 0) is 11.3 Å². The molecule has 2 aliphatic heterocycles. The summed E-state index contributed by atoms with van der Waals surface area (Å²) < 4.78 is 12.1. The fourth-order valence-corrected chi connectivity index (χ4v) is 4.21. The lowest BCUT2D eigenvalue weighted by Gasteiger charge is -2.53. The second-order valence-corrected chi connectivity index (χ2v) is 7.30. The smallest absolute Gasteiger partial charge is 0.316 e. The van der Waals surface area contributed by atoms with E-state index in [2.05, 4.69) is 44.1 Å². The lowest BCUT2D eigenvalue weighted by molar-refractivity contribution is -0.188. The Morgan fingerprint density at radius 1 is 1.19 bits per heavy atom. The van der Waals surface area contributed by atoms with Crippen molar-refractivity contribution in [3.05, 3.63) is 54.5 Å². The van der Waals surface area contributed by atoms with Gasteiger partial charge in [0.2, 0.25) is 0 Å². The number of hydrogen-bond acceptors (Lipinski definition) is 5. The van der Waals surface area contributed by atoms with Gasteiger partial charge in [0.1, 0.15) is 6.10 Å². The molecular weight excluding hydrogens is 328 g/mol. The molecule has 1 aromatic carbocycles. The van der Waals surface area contributed by atoms with Crippen LogP contribution in [0.1, 0.15) is 18.4 Å². The molecule has 1 unspecified atom stereocenters. The molecule has 4 heterocycles. The van der Waals surface area contributed by atoms with E-state index in [1.165, 1.54) is 16.5 Å². The van der Waals surface area contributed by atoms with Crippen LogP contribution in [-0.4, -0.2) is 51.3 Å². The lowest BCUT2D eigenvalue weighted by Crippen LogP contribution is -2.65. The molecule has 0 bridgehead atoms. The minimum Gasteiger partial charge on any atom is -0.460 e. The Morgan fingerprint density at radius 3 is 2.96 bits per heavy atom. The summed E-state index contributed by atoms with van der Waals surface area (Å²) in [6, 6.07) is 10.9. The third kappa shape index (κ3) is 2.95. The van der Waals surface area contributed by atoms with Crippen molar-refractivity contribution in [2.75, 3.05) is 19.7 Å². The van der Waals surface area contributed by atoms with E-state index in [4.69, 9.17) is 9.47 Å². The van der Waals surface area contributed by atoms with Crippen molar-refractivity contribution in [2.24, 2.45) is 0 Å². The topological polar surface area (TPSA) is 63.3 Å². The number of ether oxygens (including phenoxy) is 2. The van der Waals surface area contributed by atoms with Crippen molar-refractivity contribution in [1.82, 2.24) is 19.9 Å². The van der Waals surface area contributed by atoms with Crippen LogP contribution in [0.2, 0.25) is 0 Å². The summed E-state index contributed by atoms with van der Waals surface area (Å²) in [6.45, 7) is 3.58. The molecule has 1 spiro atoms. The summed E-state index contributed by atoms with van der Waals surface area (Å²) >= 11 is 0. The largest absolute Gasteiger partial charge is 0.460 e. The monoisotopic (exact) mass is 350 g/mol. The van der Waals surface area contributed by atoms with Crippen molar-refractivity contribution in [3.63, 3.8) is 0 Å². The predicted octanol–water partition coefficient (Wildman–Crippen LogP) is 2.77. The quantitative estimate of drug-likeness (QED) is 0.784. The van der Waals surface area contributed by atoms with Crippen molar-refractivity contribution in [1.29, 1.82) is 0 Å². The minimum absolute atomic E-state index is 0.0796. The van der Waals surface area contributed by atoms with Crippen molar-refractivity contribution < 1.29 is 9.47 Å². The van der Waals surface area contributed by atoms with Crippen LogP contribution in [0, 0.1) is 0 Å². The van der Waals surface area contributed by atoms with E-state index < -0.39 is 0 Å². The van der Waals surface area contributed by atoms with Gasteiger partial charge in [0.15, 0.2) is 0 Å². The SMILES string of the molecule is c1cnc(OC2CCOC3(C2)CN(Cc2cccc4[nH]ccc24)C3)nc1. The van der Waals surface area contributed by atoms with Gasteiger partial charge in [0.05, 0.1) is 12.2 Å². The molecule has 26 heavy (non-hydrogen) atoms. The van der Waals surface area contributed by atoms with Crippen molar-refractivity contribution >= 4 is 10.9 Å². The van der Waals surface area contributed by atoms with Crippen LogP contribution in [0.5, 0.6) is 6.01 Å². The first-order chi connectivity index (χ1) is 12.8. The number of aromatic nitrogens is 3. The molecule has 3 aromatic rings. The number of likely N-dealkylation sites (tertiary alicyclic amines) is 1. The standard InChI is InChI=1S/C20H22N4O2/c1-3-15(17-5-9-21-18(17)4-1)12-24-13-20(14-24)11-16(6-10-25-20)26-19-22-7-2-8-23-19/h1-5,7-9,16,21H,6,10-14H2. The zero-order valence-electron chi connectivity index (χ0n) is 14.6. The van der Waals surface area contributed by atoms with Gasteiger partial charge < -0.3 is 14.5 Å². The first-order valence-electron chi connectivity index (χ1n) is 9.15. The Morgan fingerprint density at radius 2 is 2.08 bits per heavy atom. The molecular formula is C20H22N4O2. The number of fused-ring (bicyclic) bond motifs is 1. The molecule has 2 aromatic heterocycles. The zero-order valence-corrected chi connectivity index (χ0v) is 14.6. The summed E-state index contributed by atoms with van der Waals surface area (Å²) in [5, 5.41) is 1.31. The van der Waals surface area contributed by atoms with Gasteiger partial charge in [-0.05, 0) is 23.8 Å². The number of aromatic amines is 1. The van der Waals surface area contributed by atoms with E-state index in [0.717, 1.165) is 39.1 Å². The van der Waals surface area contributed by atoms with Gasteiger partial charge in [-0.25, -0.2) is 9.97 Å². The van der Waals surface area contributed by atoms with Crippen LogP contribution in [0.25, 0.3) is 10.9 Å². The maximum absolute atomic E-state index is 6.14. The maximum atomic E-state index is 6.14. The van der Waals surface area contributed by atoms with E-state index in [-0.39, 0.29) is 11.7 Å². The molecule has 1 atom stereocenters. The molecule has 0 saturated carbocycles. The van der Waals surface area contributed by atoms with Crippen LogP contribution < -0.4 is 4.74 Å². The van der Waals surface area contributed by atoms with Gasteiger partial charge in [-0.15, -0.1) is 0 Å². The Kier molecular flexibility index (Phi) is 3.87. The highest BCUT2D eigenvalue weighted by Crippen LogP contribution is 2.36. The lowest BCUT2D eigenvalue weighted by atomic mass is 9.84. The molecule has 2 aliphatic rings. The molecule has 6 heteroatoms. The fraction of sp³-hybridized carbons (Fsp3) is 0.400. The highest BCUT2D eigenvalue weighted by atomic mass is 16.5. The van der Waals surface area contributed by atoms with E-state index in [0.29, 0.717) is 6.01 Å². The average Bonchev–Trinajstić information content (AvgIpc) is 3.11. The molecule has 2 fully saturated rings. The Labute approximate surface area is 152 Å². The third-order valence-electron chi connectivity index (χ3n) is 5.36. The summed E-state index contributed by atoms with van der Waals surface area (Å²) in [7, 11) is 0. The highest BCUT2D eigenvalue weighted by Gasteiger charge is 2.48. The van der Waals surface area contributed by atoms with E-state index in [1.807, 2.05) is 6.20 Å². The second kappa shape index (κ2) is 6.37. The summed E-state index contributed by atoms with van der Waals surface area (Å²) in [4.78, 5) is 14.1. The summed E-state index contributed by atoms with van der Waals surface area (Å²) in [6.07, 6.45) is 7.35. The Hall–Kier alpha value is -2.44. The van der Waals surface area contributed by atoms with Gasteiger partial charge in [-0.1, -0.05) is 12.1 Å². The van der Waals surface area contributed by atoms with Gasteiger partial charge in [0, 0.05) is 62.0 Å². The first kappa shape index (κ1) is 15.8. The number of nitrogens with one attached hydrogen (secondary N) is 1. The van der Waals surface area contributed by atoms with Crippen molar-refractivity contribution in [3.8, 4) is 6.01 Å². The number of hydrogen-bond donors (Lipinski definition) is 1. The maximum Gasteiger partial charge on any atom is 0.316 e. The minimum atomic E-state index is -0.0796. The van der Waals surface area contributed by atoms with Crippen LogP contribution in [0.15, 0.2) is 48.9 Å². The second-order valence-electron chi connectivity index (χ2n) is 7.30. The molecule has 1 N–H and O–H groups in total. The van der Waals surface area contributed by atoms with Crippen molar-refractivity contribution in [2.45, 2.75) is 31.1 Å². The van der Waals surface area contributed by atoms with E-state index in [9.17, 15) is 0 Å². The van der Waals surface area contributed by atoms with Gasteiger partial charge in [-0.3, -0.25) is 4.90 Å². The summed E-state index contributed by atoms with van der Waals surface area (Å²) in [5.41, 5.74) is 2.48. The Balaban J connectivity index is 1.22. The Bertz CT molecular complexity index is 889. The zero-order chi connectivity index (χ0) is 17.4. The molecule has 0 radical (unpaired) electrons. The van der Waals surface area contributed by atoms with Gasteiger partial charge >= 0.3 is 6.01 Å². The average molecular weight is 350 g/mol. The van der Waals surface area contributed by atoms with Crippen LogP contribution in [0.3, 0.4) is 0 Å². The van der Waals surface area contributed by atoms with Gasteiger partial charge in [0.25, 0.3) is 0 Å². The number of H-pyrrole nitrogens is 1. The van der Waals surface area contributed by atoms with Gasteiger partial charge in [-0.2, -0.15) is 0 Å². The third-order valence-corrected chi connectivity index (χ3v) is 5.36. The highest BCUT2D eigenvalue weighted by molar-refractivity contribution is 5.82. The first-order valence-corrected chi connectivity index (χ1v) is 9.15. The molecule has 5 rings (SSSR count). The number of nitrogens with zero attached hydrogens (tertiary/aromatic N) is 3.